The van der Waals surface area contributed by atoms with Crippen molar-refractivity contribution in [2.24, 2.45) is 4.99 Å². The number of allylic oxidation sites excluding steroid dienone is 1. The molecule has 0 aliphatic carbocycles. The van der Waals surface area contributed by atoms with Gasteiger partial charge in [-0.25, -0.2) is 4.79 Å². The monoisotopic (exact) mass is 394 g/mol. The van der Waals surface area contributed by atoms with Gasteiger partial charge < -0.3 is 10.2 Å². The van der Waals surface area contributed by atoms with Gasteiger partial charge in [-0.2, -0.15) is 0 Å². The van der Waals surface area contributed by atoms with E-state index in [9.17, 15) is 15.0 Å². The Kier molecular flexibility index (Phi) is 4.47. The Morgan fingerprint density at radius 1 is 1.15 bits per heavy atom. The van der Waals surface area contributed by atoms with Crippen molar-refractivity contribution >= 4 is 53.1 Å². The molecule has 0 saturated carbocycles. The molecule has 27 heavy (non-hydrogen) atoms. The highest BCUT2D eigenvalue weighted by atomic mass is 32.1. The average Bonchev–Trinajstić information content (AvgIpc) is 3.19. The van der Waals surface area contributed by atoms with Gasteiger partial charge in [0.15, 0.2) is 10.00 Å². The zero-order chi connectivity index (χ0) is 19.0. The van der Waals surface area contributed by atoms with Gasteiger partial charge >= 0.3 is 5.97 Å². The number of benzene rings is 2. The highest BCUT2D eigenvalue weighted by Crippen LogP contribution is 2.38. The molecule has 0 amide bonds. The number of para-hydroxylation sites is 1. The first-order valence-corrected chi connectivity index (χ1v) is 9.36. The first-order chi connectivity index (χ1) is 13.1. The third-order valence-corrected chi connectivity index (χ3v) is 5.63. The van der Waals surface area contributed by atoms with Crippen LogP contribution >= 0.6 is 23.6 Å². The van der Waals surface area contributed by atoms with Gasteiger partial charge in [-0.15, -0.1) is 11.3 Å². The second kappa shape index (κ2) is 6.94. The van der Waals surface area contributed by atoms with Gasteiger partial charge in [0.2, 0.25) is 5.88 Å². The van der Waals surface area contributed by atoms with E-state index in [-0.39, 0.29) is 5.88 Å². The molecule has 1 aliphatic heterocycles. The maximum absolute atomic E-state index is 11.9. The molecule has 2 heterocycles. The number of aliphatic carboxylic acids is 1. The Bertz CT molecular complexity index is 1140. The summed E-state index contributed by atoms with van der Waals surface area (Å²) in [5.74, 6) is -1.25. The molecule has 5 nitrogen and oxygen atoms in total. The number of aromatic hydroxyl groups is 1. The molecule has 0 fully saturated rings. The molecule has 0 saturated heterocycles. The Balaban J connectivity index is 1.82. The summed E-state index contributed by atoms with van der Waals surface area (Å²) < 4.78 is 1.57. The van der Waals surface area contributed by atoms with Crippen LogP contribution in [0.2, 0.25) is 0 Å². The van der Waals surface area contributed by atoms with E-state index in [2.05, 4.69) is 4.99 Å². The Labute approximate surface area is 164 Å². The fourth-order valence-corrected chi connectivity index (χ4v) is 4.36. The number of fused-ring (bicyclic) bond motifs is 1. The molecular weight excluding hydrogens is 380 g/mol. The highest BCUT2D eigenvalue weighted by molar-refractivity contribution is 7.73. The zero-order valence-electron chi connectivity index (χ0n) is 13.9. The number of aliphatic imine (C=N–C) groups is 1. The van der Waals surface area contributed by atoms with Gasteiger partial charge in [-0.1, -0.05) is 48.5 Å². The standard InChI is InChI=1S/C20H14N2O3S2/c23-18-16(10-13-11-21-15-9-5-4-8-14(13)15)27-20(26)22(18)17(19(24)25)12-6-2-1-3-7-12/h1-11,17,23H,(H,24,25). The third-order valence-electron chi connectivity index (χ3n) is 4.29. The van der Waals surface area contributed by atoms with Gasteiger partial charge in [0.1, 0.15) is 0 Å². The number of hydrogen-bond acceptors (Lipinski definition) is 5. The molecular formula is C20H14N2O3S2. The van der Waals surface area contributed by atoms with Crippen molar-refractivity contribution in [2.45, 2.75) is 6.04 Å². The van der Waals surface area contributed by atoms with Crippen molar-refractivity contribution in [2.75, 3.05) is 0 Å². The molecule has 0 bridgehead atoms. The molecule has 1 aliphatic rings. The quantitative estimate of drug-likeness (QED) is 0.616. The number of hydrogen-bond donors (Lipinski definition) is 2. The molecule has 1 aromatic heterocycles. The zero-order valence-corrected chi connectivity index (χ0v) is 15.6. The summed E-state index contributed by atoms with van der Waals surface area (Å²) >= 11 is 6.54. The molecule has 1 unspecified atom stereocenters. The second-order valence-corrected chi connectivity index (χ2v) is 7.63. The number of carbonyl (C=O) groups is 1. The van der Waals surface area contributed by atoms with Crippen LogP contribution < -0.4 is 0 Å². The predicted molar refractivity (Wildman–Crippen MR) is 109 cm³/mol. The lowest BCUT2D eigenvalue weighted by molar-refractivity contribution is -0.139. The van der Waals surface area contributed by atoms with E-state index in [1.165, 1.54) is 15.9 Å². The first kappa shape index (κ1) is 17.4. The maximum atomic E-state index is 11.9. The molecule has 0 spiro atoms. The molecule has 3 aromatic rings. The Hall–Kier alpha value is -3.03. The van der Waals surface area contributed by atoms with Gasteiger partial charge in [0.05, 0.1) is 10.6 Å². The molecule has 2 aromatic carbocycles. The molecule has 134 valence electrons. The SMILES string of the molecule is O=C(O)C(c1ccccc1)n1c(O)c(C=C2C=Nc3ccccc32)sc1=S. The summed E-state index contributed by atoms with van der Waals surface area (Å²) in [6.45, 7) is 0. The summed E-state index contributed by atoms with van der Waals surface area (Å²) in [4.78, 5) is 16.8. The van der Waals surface area contributed by atoms with Crippen LogP contribution in [-0.4, -0.2) is 27.0 Å². The Morgan fingerprint density at radius 2 is 1.85 bits per heavy atom. The number of carboxylic acid groups (broad SMARTS) is 1. The summed E-state index contributed by atoms with van der Waals surface area (Å²) in [6.07, 6.45) is 3.51. The average molecular weight is 394 g/mol. The number of thiazole rings is 1. The summed E-state index contributed by atoms with van der Waals surface area (Å²) in [6, 6.07) is 15.3. The summed E-state index contributed by atoms with van der Waals surface area (Å²) in [5, 5.41) is 20.5. The molecule has 2 N–H and O–H groups in total. The number of carboxylic acids is 1. The largest absolute Gasteiger partial charge is 0.493 e. The predicted octanol–water partition coefficient (Wildman–Crippen LogP) is 4.92. The topological polar surface area (TPSA) is 74.8 Å². The Morgan fingerprint density at radius 3 is 2.59 bits per heavy atom. The fourth-order valence-electron chi connectivity index (χ4n) is 3.05. The minimum Gasteiger partial charge on any atom is -0.493 e. The highest BCUT2D eigenvalue weighted by Gasteiger charge is 2.27. The van der Waals surface area contributed by atoms with Gasteiger partial charge in [0, 0.05) is 17.4 Å². The van der Waals surface area contributed by atoms with E-state index in [0.717, 1.165) is 16.8 Å². The molecule has 7 heteroatoms. The number of rotatable bonds is 4. The van der Waals surface area contributed by atoms with Crippen LogP contribution in [0.5, 0.6) is 5.88 Å². The number of aromatic nitrogens is 1. The minimum atomic E-state index is -1.09. The van der Waals surface area contributed by atoms with Crippen LogP contribution in [0.25, 0.3) is 11.6 Å². The maximum Gasteiger partial charge on any atom is 0.331 e. The van der Waals surface area contributed by atoms with Crippen molar-refractivity contribution in [3.8, 4) is 5.88 Å². The number of nitrogens with zero attached hydrogens (tertiary/aromatic N) is 2. The minimum absolute atomic E-state index is 0.161. The van der Waals surface area contributed by atoms with Crippen LogP contribution in [0.4, 0.5) is 5.69 Å². The van der Waals surface area contributed by atoms with Crippen molar-refractivity contribution in [1.82, 2.24) is 4.57 Å². The van der Waals surface area contributed by atoms with Crippen molar-refractivity contribution in [1.29, 1.82) is 0 Å². The lowest BCUT2D eigenvalue weighted by Gasteiger charge is -2.15. The molecule has 1 atom stereocenters. The van der Waals surface area contributed by atoms with E-state index >= 15 is 0 Å². The van der Waals surface area contributed by atoms with E-state index in [1.807, 2.05) is 30.3 Å². The second-order valence-electron chi connectivity index (χ2n) is 5.95. The molecule has 4 rings (SSSR count). The fraction of sp³-hybridized carbons (Fsp3) is 0.0500. The van der Waals surface area contributed by atoms with E-state index in [4.69, 9.17) is 12.2 Å². The van der Waals surface area contributed by atoms with Crippen LogP contribution in [0.15, 0.2) is 59.6 Å². The van der Waals surface area contributed by atoms with Crippen molar-refractivity contribution in [3.63, 3.8) is 0 Å². The van der Waals surface area contributed by atoms with E-state index in [1.54, 1.807) is 36.6 Å². The lowest BCUT2D eigenvalue weighted by atomic mass is 10.1. The smallest absolute Gasteiger partial charge is 0.331 e. The van der Waals surface area contributed by atoms with Crippen LogP contribution in [-0.2, 0) is 4.79 Å². The molecule has 0 radical (unpaired) electrons. The normalized spacial score (nSPS) is 15.0. The van der Waals surface area contributed by atoms with Gasteiger partial charge in [-0.3, -0.25) is 9.56 Å². The van der Waals surface area contributed by atoms with E-state index in [0.29, 0.717) is 14.4 Å². The van der Waals surface area contributed by atoms with Gasteiger partial charge in [0.25, 0.3) is 0 Å². The summed E-state index contributed by atoms with van der Waals surface area (Å²) in [7, 11) is 0. The van der Waals surface area contributed by atoms with Crippen molar-refractivity contribution in [3.05, 3.63) is 74.6 Å². The van der Waals surface area contributed by atoms with Crippen molar-refractivity contribution < 1.29 is 15.0 Å². The van der Waals surface area contributed by atoms with Crippen LogP contribution in [0.3, 0.4) is 0 Å². The lowest BCUT2D eigenvalue weighted by Crippen LogP contribution is -2.20. The summed E-state index contributed by atoms with van der Waals surface area (Å²) in [5.41, 5.74) is 3.21. The first-order valence-electron chi connectivity index (χ1n) is 8.13. The van der Waals surface area contributed by atoms with Crippen LogP contribution in [0, 0.1) is 3.95 Å². The van der Waals surface area contributed by atoms with Crippen LogP contribution in [0.1, 0.15) is 22.0 Å². The third kappa shape index (κ3) is 3.11. The van der Waals surface area contributed by atoms with E-state index < -0.39 is 12.0 Å². The van der Waals surface area contributed by atoms with Gasteiger partial charge in [-0.05, 0) is 29.9 Å².